The van der Waals surface area contributed by atoms with Crippen LogP contribution in [0.3, 0.4) is 0 Å². The second kappa shape index (κ2) is 4.85. The highest BCUT2D eigenvalue weighted by molar-refractivity contribution is 5.88. The van der Waals surface area contributed by atoms with E-state index in [0.717, 1.165) is 0 Å². The van der Waals surface area contributed by atoms with Crippen molar-refractivity contribution >= 4 is 5.78 Å². The Morgan fingerprint density at radius 1 is 1.36 bits per heavy atom. The predicted molar refractivity (Wildman–Crippen MR) is 51.5 cm³/mol. The number of hydrogen-bond donors (Lipinski definition) is 3. The fourth-order valence-electron chi connectivity index (χ4n) is 1.09. The van der Waals surface area contributed by atoms with Crippen LogP contribution in [0, 0.1) is 0 Å². The molecule has 1 rings (SSSR count). The summed E-state index contributed by atoms with van der Waals surface area (Å²) in [6.45, 7) is -0.456. The molecule has 0 saturated carbocycles. The van der Waals surface area contributed by atoms with Crippen molar-refractivity contribution in [2.75, 3.05) is 6.61 Å². The lowest BCUT2D eigenvalue weighted by Gasteiger charge is -2.13. The van der Waals surface area contributed by atoms with Crippen LogP contribution >= 0.6 is 0 Å². The van der Waals surface area contributed by atoms with Gasteiger partial charge in [-0.2, -0.15) is 0 Å². The van der Waals surface area contributed by atoms with Gasteiger partial charge in [0.25, 0.3) is 0 Å². The molecule has 1 aromatic rings. The Bertz CT molecular complexity index is 299. The van der Waals surface area contributed by atoms with Crippen LogP contribution < -0.4 is 5.73 Å². The van der Waals surface area contributed by atoms with Crippen molar-refractivity contribution in [3.05, 3.63) is 35.9 Å². The maximum absolute atomic E-state index is 11.3. The standard InChI is InChI=1S/C10H13NO3/c11-8(6-12)10(14)9(13)7-4-2-1-3-5-7/h1-5,8-9,12-13H,6,11H2/t8-,9?/m0/s1. The van der Waals surface area contributed by atoms with E-state index in [4.69, 9.17) is 10.8 Å². The van der Waals surface area contributed by atoms with E-state index in [2.05, 4.69) is 0 Å². The lowest BCUT2D eigenvalue weighted by Crippen LogP contribution is -2.37. The van der Waals surface area contributed by atoms with Crippen molar-refractivity contribution in [3.8, 4) is 0 Å². The second-order valence-corrected chi connectivity index (χ2v) is 3.00. The highest BCUT2D eigenvalue weighted by Gasteiger charge is 2.22. The molecule has 0 spiro atoms. The molecule has 0 heterocycles. The van der Waals surface area contributed by atoms with Gasteiger partial charge >= 0.3 is 0 Å². The molecule has 1 aromatic carbocycles. The minimum Gasteiger partial charge on any atom is -0.394 e. The first-order valence-electron chi connectivity index (χ1n) is 4.30. The largest absolute Gasteiger partial charge is 0.394 e. The average Bonchev–Trinajstić information content (AvgIpc) is 2.27. The number of benzene rings is 1. The molecule has 0 aliphatic carbocycles. The van der Waals surface area contributed by atoms with Crippen molar-refractivity contribution < 1.29 is 15.0 Å². The lowest BCUT2D eigenvalue weighted by molar-refractivity contribution is -0.129. The van der Waals surface area contributed by atoms with Crippen molar-refractivity contribution in [1.82, 2.24) is 0 Å². The molecule has 0 bridgehead atoms. The summed E-state index contributed by atoms with van der Waals surface area (Å²) in [7, 11) is 0. The molecule has 0 radical (unpaired) electrons. The summed E-state index contributed by atoms with van der Waals surface area (Å²) in [4.78, 5) is 11.3. The van der Waals surface area contributed by atoms with Gasteiger partial charge in [-0.3, -0.25) is 4.79 Å². The van der Waals surface area contributed by atoms with Gasteiger partial charge in [-0.1, -0.05) is 30.3 Å². The number of nitrogens with two attached hydrogens (primary N) is 1. The van der Waals surface area contributed by atoms with E-state index in [1.807, 2.05) is 0 Å². The van der Waals surface area contributed by atoms with Crippen LogP contribution in [0.4, 0.5) is 0 Å². The maximum atomic E-state index is 11.3. The number of hydrogen-bond acceptors (Lipinski definition) is 4. The summed E-state index contributed by atoms with van der Waals surface area (Å²) >= 11 is 0. The van der Waals surface area contributed by atoms with Gasteiger partial charge in [-0.15, -0.1) is 0 Å². The quantitative estimate of drug-likeness (QED) is 0.611. The Morgan fingerprint density at radius 2 is 1.93 bits per heavy atom. The van der Waals surface area contributed by atoms with E-state index in [9.17, 15) is 9.90 Å². The third kappa shape index (κ3) is 2.38. The fraction of sp³-hybridized carbons (Fsp3) is 0.300. The van der Waals surface area contributed by atoms with Crippen LogP contribution in [0.2, 0.25) is 0 Å². The van der Waals surface area contributed by atoms with Gasteiger partial charge in [0.1, 0.15) is 6.10 Å². The third-order valence-electron chi connectivity index (χ3n) is 1.95. The summed E-state index contributed by atoms with van der Waals surface area (Å²) in [6.07, 6.45) is -1.25. The van der Waals surface area contributed by atoms with Crippen LogP contribution in [-0.4, -0.2) is 28.6 Å². The Hall–Kier alpha value is -1.23. The molecule has 0 aliphatic rings. The number of ketones is 1. The molecule has 4 heteroatoms. The van der Waals surface area contributed by atoms with Gasteiger partial charge in [0, 0.05) is 0 Å². The number of carbonyl (C=O) groups excluding carboxylic acids is 1. The molecular weight excluding hydrogens is 182 g/mol. The van der Waals surface area contributed by atoms with Gasteiger partial charge in [-0.25, -0.2) is 0 Å². The zero-order valence-corrected chi connectivity index (χ0v) is 7.63. The maximum Gasteiger partial charge on any atom is 0.184 e. The molecule has 4 nitrogen and oxygen atoms in total. The van der Waals surface area contributed by atoms with Gasteiger partial charge in [0.05, 0.1) is 12.6 Å². The van der Waals surface area contributed by atoms with Crippen LogP contribution in [0.15, 0.2) is 30.3 Å². The van der Waals surface area contributed by atoms with Crippen molar-refractivity contribution in [2.45, 2.75) is 12.1 Å². The van der Waals surface area contributed by atoms with Gasteiger partial charge < -0.3 is 15.9 Å². The molecule has 14 heavy (non-hydrogen) atoms. The third-order valence-corrected chi connectivity index (χ3v) is 1.95. The fourth-order valence-corrected chi connectivity index (χ4v) is 1.09. The molecule has 1 unspecified atom stereocenters. The van der Waals surface area contributed by atoms with Crippen LogP contribution in [0.1, 0.15) is 11.7 Å². The van der Waals surface area contributed by atoms with E-state index in [1.54, 1.807) is 30.3 Å². The number of aliphatic hydroxyl groups excluding tert-OH is 2. The normalized spacial score (nSPS) is 14.8. The summed E-state index contributed by atoms with van der Waals surface area (Å²) in [5.74, 6) is -0.571. The smallest absolute Gasteiger partial charge is 0.184 e. The van der Waals surface area contributed by atoms with Crippen LogP contribution in [0.25, 0.3) is 0 Å². The molecule has 0 saturated heterocycles. The Labute approximate surface area is 82.0 Å². The van der Waals surface area contributed by atoms with E-state index in [1.165, 1.54) is 0 Å². The number of rotatable bonds is 4. The topological polar surface area (TPSA) is 83.5 Å². The SMILES string of the molecule is N[C@@H](CO)C(=O)C(O)c1ccccc1. The van der Waals surface area contributed by atoms with Gasteiger partial charge in [-0.05, 0) is 5.56 Å². The Kier molecular flexibility index (Phi) is 3.76. The summed E-state index contributed by atoms with van der Waals surface area (Å²) in [5, 5.41) is 18.2. The minimum absolute atomic E-state index is 0.456. The van der Waals surface area contributed by atoms with E-state index in [0.29, 0.717) is 5.56 Å². The molecule has 0 fully saturated rings. The molecule has 0 aliphatic heterocycles. The number of Topliss-reactive ketones (excluding diaryl/α,β-unsaturated/α-hetero) is 1. The Balaban J connectivity index is 2.76. The summed E-state index contributed by atoms with van der Waals surface area (Å²) < 4.78 is 0. The summed E-state index contributed by atoms with van der Waals surface area (Å²) in [6, 6.07) is 7.46. The highest BCUT2D eigenvalue weighted by atomic mass is 16.3. The van der Waals surface area contributed by atoms with Crippen LogP contribution in [-0.2, 0) is 4.79 Å². The second-order valence-electron chi connectivity index (χ2n) is 3.00. The first kappa shape index (κ1) is 10.8. The lowest BCUT2D eigenvalue weighted by atomic mass is 10.0. The zero-order chi connectivity index (χ0) is 10.6. The summed E-state index contributed by atoms with van der Waals surface area (Å²) in [5.41, 5.74) is 5.78. The molecule has 4 N–H and O–H groups in total. The molecule has 0 amide bonds. The van der Waals surface area contributed by atoms with Gasteiger partial charge in [0.15, 0.2) is 5.78 Å². The highest BCUT2D eigenvalue weighted by Crippen LogP contribution is 2.13. The zero-order valence-electron chi connectivity index (χ0n) is 7.63. The molecular formula is C10H13NO3. The van der Waals surface area contributed by atoms with Crippen molar-refractivity contribution in [1.29, 1.82) is 0 Å². The number of carbonyl (C=O) groups is 1. The molecule has 2 atom stereocenters. The van der Waals surface area contributed by atoms with E-state index in [-0.39, 0.29) is 0 Å². The first-order chi connectivity index (χ1) is 6.66. The van der Waals surface area contributed by atoms with E-state index < -0.39 is 24.5 Å². The van der Waals surface area contributed by atoms with E-state index >= 15 is 0 Å². The monoisotopic (exact) mass is 195 g/mol. The van der Waals surface area contributed by atoms with Gasteiger partial charge in [0.2, 0.25) is 0 Å². The average molecular weight is 195 g/mol. The van der Waals surface area contributed by atoms with Crippen molar-refractivity contribution in [3.63, 3.8) is 0 Å². The molecule has 76 valence electrons. The van der Waals surface area contributed by atoms with Crippen molar-refractivity contribution in [2.24, 2.45) is 5.73 Å². The first-order valence-corrected chi connectivity index (χ1v) is 4.30. The minimum atomic E-state index is -1.25. The molecule has 0 aromatic heterocycles. The number of aliphatic hydroxyl groups is 2. The Morgan fingerprint density at radius 3 is 2.43 bits per heavy atom. The predicted octanol–water partition coefficient (Wildman–Crippen LogP) is -0.391. The van der Waals surface area contributed by atoms with Crippen LogP contribution in [0.5, 0.6) is 0 Å².